The number of fused-ring (bicyclic) bond motifs is 2. The van der Waals surface area contributed by atoms with E-state index in [4.69, 9.17) is 0 Å². The Hall–Kier alpha value is -3.47. The molecule has 0 aliphatic rings. The lowest BCUT2D eigenvalue weighted by atomic mass is 10.0. The number of H-pyrrole nitrogens is 2. The second kappa shape index (κ2) is 5.27. The molecule has 0 saturated heterocycles. The lowest BCUT2D eigenvalue weighted by Crippen LogP contribution is -1.85. The summed E-state index contributed by atoms with van der Waals surface area (Å²) in [5, 5.41) is 9.81. The Kier molecular flexibility index (Phi) is 2.94. The maximum absolute atomic E-state index is 4.53. The van der Waals surface area contributed by atoms with Gasteiger partial charge in [-0.1, -0.05) is 6.07 Å². The van der Waals surface area contributed by atoms with Crippen LogP contribution in [0.3, 0.4) is 0 Å². The van der Waals surface area contributed by atoms with Gasteiger partial charge >= 0.3 is 0 Å². The van der Waals surface area contributed by atoms with Crippen LogP contribution in [0.25, 0.3) is 44.3 Å². The Balaban J connectivity index is 1.71. The minimum Gasteiger partial charge on any atom is -0.353 e. The van der Waals surface area contributed by atoms with Gasteiger partial charge in [0, 0.05) is 46.6 Å². The molecule has 1 aromatic carbocycles. The Labute approximate surface area is 143 Å². The van der Waals surface area contributed by atoms with Crippen molar-refractivity contribution >= 4 is 21.8 Å². The molecule has 5 aromatic rings. The summed E-state index contributed by atoms with van der Waals surface area (Å²) >= 11 is 0. The number of hydrogen-bond acceptors (Lipinski definition) is 3. The van der Waals surface area contributed by atoms with Crippen molar-refractivity contribution < 1.29 is 0 Å². The van der Waals surface area contributed by atoms with Gasteiger partial charge in [0.25, 0.3) is 0 Å². The first kappa shape index (κ1) is 13.9. The molecule has 5 rings (SSSR count). The Morgan fingerprint density at radius 3 is 2.64 bits per heavy atom. The average molecular weight is 325 g/mol. The van der Waals surface area contributed by atoms with Crippen LogP contribution in [-0.2, 0) is 0 Å². The molecule has 5 nitrogen and oxygen atoms in total. The largest absolute Gasteiger partial charge is 0.353 e. The maximum atomic E-state index is 4.53. The lowest BCUT2D eigenvalue weighted by molar-refractivity contribution is 1.12. The number of aromatic nitrogens is 5. The minimum absolute atomic E-state index is 0.912. The van der Waals surface area contributed by atoms with Gasteiger partial charge < -0.3 is 4.98 Å². The monoisotopic (exact) mass is 325 g/mol. The number of benzene rings is 1. The summed E-state index contributed by atoms with van der Waals surface area (Å²) in [6.07, 6.45) is 7.37. The van der Waals surface area contributed by atoms with Gasteiger partial charge in [0.2, 0.25) is 0 Å². The van der Waals surface area contributed by atoms with E-state index in [1.165, 1.54) is 5.56 Å². The molecule has 2 N–H and O–H groups in total. The van der Waals surface area contributed by atoms with Crippen molar-refractivity contribution in [2.45, 2.75) is 6.92 Å². The molecule has 0 radical (unpaired) electrons. The molecule has 0 spiro atoms. The third-order valence-electron chi connectivity index (χ3n) is 4.59. The number of nitrogens with zero attached hydrogens (tertiary/aromatic N) is 3. The molecule has 5 heteroatoms. The number of aromatic amines is 2. The van der Waals surface area contributed by atoms with E-state index in [-0.39, 0.29) is 0 Å². The van der Waals surface area contributed by atoms with Gasteiger partial charge in [-0.2, -0.15) is 5.10 Å². The van der Waals surface area contributed by atoms with Gasteiger partial charge in [-0.05, 0) is 48.4 Å². The maximum Gasteiger partial charge on any atom is 0.116 e. The van der Waals surface area contributed by atoms with E-state index in [0.29, 0.717) is 0 Å². The summed E-state index contributed by atoms with van der Waals surface area (Å²) in [4.78, 5) is 11.9. The van der Waals surface area contributed by atoms with Gasteiger partial charge in [0.05, 0.1) is 11.2 Å². The van der Waals surface area contributed by atoms with E-state index >= 15 is 0 Å². The fourth-order valence-corrected chi connectivity index (χ4v) is 3.25. The zero-order chi connectivity index (χ0) is 16.8. The highest BCUT2D eigenvalue weighted by atomic mass is 15.1. The molecule has 0 fully saturated rings. The topological polar surface area (TPSA) is 70.2 Å². The van der Waals surface area contributed by atoms with Crippen LogP contribution in [0.4, 0.5) is 0 Å². The molecule has 4 aromatic heterocycles. The fourth-order valence-electron chi connectivity index (χ4n) is 3.25. The van der Waals surface area contributed by atoms with E-state index < -0.39 is 0 Å². The van der Waals surface area contributed by atoms with Crippen LogP contribution in [0, 0.1) is 6.92 Å². The molecule has 0 aliphatic heterocycles. The average Bonchev–Trinajstić information content (AvgIpc) is 3.25. The van der Waals surface area contributed by atoms with E-state index in [9.17, 15) is 0 Å². The van der Waals surface area contributed by atoms with Crippen LogP contribution >= 0.6 is 0 Å². The highest BCUT2D eigenvalue weighted by Gasteiger charge is 2.12. The molecular weight excluding hydrogens is 310 g/mol. The van der Waals surface area contributed by atoms with E-state index in [1.54, 1.807) is 6.20 Å². The molecule has 0 bridgehead atoms. The first-order valence-electron chi connectivity index (χ1n) is 8.12. The third-order valence-corrected chi connectivity index (χ3v) is 4.59. The predicted octanol–water partition coefficient (Wildman–Crippen LogP) is 4.48. The van der Waals surface area contributed by atoms with Crippen LogP contribution in [0.5, 0.6) is 0 Å². The number of aryl methyl sites for hydroxylation is 1. The zero-order valence-electron chi connectivity index (χ0n) is 13.6. The van der Waals surface area contributed by atoms with Crippen molar-refractivity contribution in [3.63, 3.8) is 0 Å². The smallest absolute Gasteiger partial charge is 0.116 e. The van der Waals surface area contributed by atoms with Gasteiger partial charge in [-0.3, -0.25) is 15.1 Å². The second-order valence-electron chi connectivity index (χ2n) is 6.17. The van der Waals surface area contributed by atoms with Crippen LogP contribution < -0.4 is 0 Å². The molecule has 0 unspecified atom stereocenters. The second-order valence-corrected chi connectivity index (χ2v) is 6.17. The number of hydrogen-bond donors (Lipinski definition) is 2. The van der Waals surface area contributed by atoms with Gasteiger partial charge in [-0.25, -0.2) is 0 Å². The molecule has 0 amide bonds. The third kappa shape index (κ3) is 2.21. The normalized spacial score (nSPS) is 11.4. The predicted molar refractivity (Wildman–Crippen MR) is 99.1 cm³/mol. The molecule has 0 aliphatic carbocycles. The molecule has 120 valence electrons. The van der Waals surface area contributed by atoms with Gasteiger partial charge in [0.15, 0.2) is 0 Å². The van der Waals surface area contributed by atoms with Crippen molar-refractivity contribution in [3.8, 4) is 22.5 Å². The summed E-state index contributed by atoms with van der Waals surface area (Å²) < 4.78 is 0. The van der Waals surface area contributed by atoms with Crippen molar-refractivity contribution in [3.05, 3.63) is 66.7 Å². The summed E-state index contributed by atoms with van der Waals surface area (Å²) in [5.74, 6) is 0. The Morgan fingerprint density at radius 1 is 0.880 bits per heavy atom. The molecular formula is C20H15N5. The fraction of sp³-hybridized carbons (Fsp3) is 0.0500. The lowest BCUT2D eigenvalue weighted by Gasteiger charge is -2.05. The highest BCUT2D eigenvalue weighted by Crippen LogP contribution is 2.32. The first-order chi connectivity index (χ1) is 12.3. The molecule has 0 saturated carbocycles. The van der Waals surface area contributed by atoms with E-state index in [0.717, 1.165) is 44.3 Å². The molecule has 25 heavy (non-hydrogen) atoms. The van der Waals surface area contributed by atoms with Crippen molar-refractivity contribution in [1.82, 2.24) is 25.1 Å². The van der Waals surface area contributed by atoms with Gasteiger partial charge in [-0.15, -0.1) is 0 Å². The Bertz CT molecular complexity index is 1180. The summed E-state index contributed by atoms with van der Waals surface area (Å²) in [6.45, 7) is 2.10. The van der Waals surface area contributed by atoms with E-state index in [2.05, 4.69) is 56.3 Å². The van der Waals surface area contributed by atoms with Crippen LogP contribution in [0.15, 0.2) is 61.2 Å². The highest BCUT2D eigenvalue weighted by molar-refractivity contribution is 5.97. The molecule has 0 atom stereocenters. The van der Waals surface area contributed by atoms with Crippen LogP contribution in [0.2, 0.25) is 0 Å². The van der Waals surface area contributed by atoms with Crippen LogP contribution in [-0.4, -0.2) is 25.1 Å². The van der Waals surface area contributed by atoms with Crippen molar-refractivity contribution in [2.24, 2.45) is 0 Å². The van der Waals surface area contributed by atoms with Gasteiger partial charge in [0.1, 0.15) is 5.69 Å². The Morgan fingerprint density at radius 2 is 1.76 bits per heavy atom. The SMILES string of the molecule is Cc1ccncc1-c1ccc2[nH]nc(-c3cc4cnccc4[nH]3)c2c1. The quantitative estimate of drug-likeness (QED) is 0.503. The summed E-state index contributed by atoms with van der Waals surface area (Å²) in [6, 6.07) is 12.4. The molecule has 4 heterocycles. The summed E-state index contributed by atoms with van der Waals surface area (Å²) in [7, 11) is 0. The zero-order valence-corrected chi connectivity index (χ0v) is 13.6. The minimum atomic E-state index is 0.912. The number of rotatable bonds is 2. The number of nitrogens with one attached hydrogen (secondary N) is 2. The van der Waals surface area contributed by atoms with Crippen molar-refractivity contribution in [2.75, 3.05) is 0 Å². The number of pyridine rings is 2. The first-order valence-corrected chi connectivity index (χ1v) is 8.12. The standard InChI is InChI=1S/C20H15N5/c1-12-4-6-22-11-16(12)13-2-3-18-15(8-13)20(25-24-18)19-9-14-10-21-7-5-17(14)23-19/h2-11,23H,1H3,(H,24,25). The summed E-state index contributed by atoms with van der Waals surface area (Å²) in [5.41, 5.74) is 7.44. The van der Waals surface area contributed by atoms with Crippen molar-refractivity contribution in [1.29, 1.82) is 0 Å². The van der Waals surface area contributed by atoms with Crippen LogP contribution in [0.1, 0.15) is 5.56 Å². The van der Waals surface area contributed by atoms with E-state index in [1.807, 2.05) is 30.7 Å².